The summed E-state index contributed by atoms with van der Waals surface area (Å²) in [7, 11) is 0. The molecule has 0 radical (unpaired) electrons. The van der Waals surface area contributed by atoms with E-state index in [9.17, 15) is 13.2 Å². The summed E-state index contributed by atoms with van der Waals surface area (Å²) in [6.45, 7) is 1.12. The summed E-state index contributed by atoms with van der Waals surface area (Å²) in [6, 6.07) is 8.04. The molecule has 1 heterocycles. The highest BCUT2D eigenvalue weighted by atomic mass is 19.2. The first kappa shape index (κ1) is 12.9. The van der Waals surface area contributed by atoms with Crippen molar-refractivity contribution in [2.45, 2.75) is 6.92 Å². The molecule has 0 aliphatic rings. The highest BCUT2D eigenvalue weighted by Crippen LogP contribution is 2.23. The first-order valence-corrected chi connectivity index (χ1v) is 5.31. The molecule has 0 amide bonds. The zero-order valence-corrected chi connectivity index (χ0v) is 9.84. The van der Waals surface area contributed by atoms with Crippen LogP contribution in [0.1, 0.15) is 11.1 Å². The van der Waals surface area contributed by atoms with Crippen LogP contribution in [0.2, 0.25) is 0 Å². The predicted octanol–water partition coefficient (Wildman–Crippen LogP) is 3.42. The van der Waals surface area contributed by atoms with E-state index in [4.69, 9.17) is 5.26 Å². The van der Waals surface area contributed by atoms with Crippen molar-refractivity contribution in [2.75, 3.05) is 5.32 Å². The summed E-state index contributed by atoms with van der Waals surface area (Å²) in [6.07, 6.45) is 0. The number of nitrogens with one attached hydrogen (secondary N) is 1. The monoisotopic (exact) mass is 263 g/mol. The van der Waals surface area contributed by atoms with Gasteiger partial charge in [-0.1, -0.05) is 6.07 Å². The van der Waals surface area contributed by atoms with Gasteiger partial charge in [-0.2, -0.15) is 14.6 Å². The van der Waals surface area contributed by atoms with Gasteiger partial charge in [0.15, 0.2) is 17.5 Å². The lowest BCUT2D eigenvalue weighted by Gasteiger charge is -2.09. The highest BCUT2D eigenvalue weighted by molar-refractivity contribution is 5.59. The standard InChI is InChI=1S/C13H8F3N3/c1-7-10(14)12(16)19-13(11(7)15)18-9-4-2-3-8(5-9)6-17/h2-5H,1H3,(H,18,19). The molecule has 0 saturated heterocycles. The topological polar surface area (TPSA) is 48.7 Å². The van der Waals surface area contributed by atoms with Crippen LogP contribution < -0.4 is 5.32 Å². The Labute approximate surface area is 107 Å². The third-order valence-electron chi connectivity index (χ3n) is 2.51. The number of hydrogen-bond donors (Lipinski definition) is 1. The summed E-state index contributed by atoms with van der Waals surface area (Å²) in [5, 5.41) is 11.2. The molecule has 0 spiro atoms. The molecule has 0 fully saturated rings. The maximum atomic E-state index is 13.7. The van der Waals surface area contributed by atoms with Gasteiger partial charge in [0.1, 0.15) is 0 Å². The fraction of sp³-hybridized carbons (Fsp3) is 0.0769. The fourth-order valence-electron chi connectivity index (χ4n) is 1.51. The molecular formula is C13H8F3N3. The van der Waals surface area contributed by atoms with Crippen LogP contribution in [-0.4, -0.2) is 4.98 Å². The lowest BCUT2D eigenvalue weighted by Crippen LogP contribution is -2.05. The van der Waals surface area contributed by atoms with E-state index in [1.54, 1.807) is 18.2 Å². The van der Waals surface area contributed by atoms with Gasteiger partial charge in [-0.3, -0.25) is 0 Å². The summed E-state index contributed by atoms with van der Waals surface area (Å²) in [4.78, 5) is 3.17. The van der Waals surface area contributed by atoms with Crippen molar-refractivity contribution in [1.29, 1.82) is 5.26 Å². The van der Waals surface area contributed by atoms with Gasteiger partial charge in [0.2, 0.25) is 0 Å². The maximum Gasteiger partial charge on any atom is 0.251 e. The van der Waals surface area contributed by atoms with E-state index < -0.39 is 29.0 Å². The predicted molar refractivity (Wildman–Crippen MR) is 63.3 cm³/mol. The molecular weight excluding hydrogens is 255 g/mol. The Morgan fingerprint density at radius 2 is 1.95 bits per heavy atom. The minimum atomic E-state index is -1.38. The van der Waals surface area contributed by atoms with Gasteiger partial charge in [-0.15, -0.1) is 0 Å². The van der Waals surface area contributed by atoms with Crippen molar-refractivity contribution in [3.8, 4) is 6.07 Å². The van der Waals surface area contributed by atoms with Crippen molar-refractivity contribution in [1.82, 2.24) is 4.98 Å². The van der Waals surface area contributed by atoms with Crippen molar-refractivity contribution >= 4 is 11.5 Å². The minimum Gasteiger partial charge on any atom is -0.338 e. The van der Waals surface area contributed by atoms with Gasteiger partial charge < -0.3 is 5.32 Å². The number of anilines is 2. The second-order valence-electron chi connectivity index (χ2n) is 3.82. The molecule has 0 aliphatic carbocycles. The van der Waals surface area contributed by atoms with Crippen LogP contribution in [0.25, 0.3) is 0 Å². The van der Waals surface area contributed by atoms with Crippen molar-refractivity contribution in [2.24, 2.45) is 0 Å². The van der Waals surface area contributed by atoms with E-state index in [1.807, 2.05) is 6.07 Å². The van der Waals surface area contributed by atoms with Gasteiger partial charge >= 0.3 is 0 Å². The van der Waals surface area contributed by atoms with E-state index in [-0.39, 0.29) is 0 Å². The van der Waals surface area contributed by atoms with E-state index in [0.29, 0.717) is 11.3 Å². The number of aromatic nitrogens is 1. The summed E-state index contributed by atoms with van der Waals surface area (Å²) < 4.78 is 39.9. The molecule has 0 unspecified atom stereocenters. The quantitative estimate of drug-likeness (QED) is 0.844. The number of nitrogens with zero attached hydrogens (tertiary/aromatic N) is 2. The highest BCUT2D eigenvalue weighted by Gasteiger charge is 2.17. The van der Waals surface area contributed by atoms with E-state index in [2.05, 4.69) is 10.3 Å². The maximum absolute atomic E-state index is 13.7. The van der Waals surface area contributed by atoms with Gasteiger partial charge in [-0.25, -0.2) is 8.78 Å². The molecule has 6 heteroatoms. The number of halogens is 3. The molecule has 0 aliphatic heterocycles. The molecule has 1 aromatic carbocycles. The normalized spacial score (nSPS) is 10.1. The van der Waals surface area contributed by atoms with Crippen LogP contribution in [0.3, 0.4) is 0 Å². The number of nitriles is 1. The third-order valence-corrected chi connectivity index (χ3v) is 2.51. The van der Waals surface area contributed by atoms with Gasteiger partial charge in [0, 0.05) is 11.3 Å². The average molecular weight is 263 g/mol. The second-order valence-corrected chi connectivity index (χ2v) is 3.82. The zero-order valence-electron chi connectivity index (χ0n) is 9.84. The van der Waals surface area contributed by atoms with Crippen molar-refractivity contribution in [3.05, 3.63) is 53.0 Å². The van der Waals surface area contributed by atoms with E-state index in [1.165, 1.54) is 6.07 Å². The fourth-order valence-corrected chi connectivity index (χ4v) is 1.51. The molecule has 2 aromatic rings. The first-order chi connectivity index (χ1) is 9.02. The molecule has 2 rings (SSSR count). The first-order valence-electron chi connectivity index (χ1n) is 5.31. The molecule has 0 atom stereocenters. The molecule has 0 bridgehead atoms. The summed E-state index contributed by atoms with van der Waals surface area (Å²) in [5.74, 6) is -4.08. The largest absolute Gasteiger partial charge is 0.338 e. The molecule has 0 saturated carbocycles. The Hall–Kier alpha value is -2.55. The third kappa shape index (κ3) is 2.50. The van der Waals surface area contributed by atoms with Crippen molar-refractivity contribution < 1.29 is 13.2 Å². The van der Waals surface area contributed by atoms with Crippen LogP contribution in [0.4, 0.5) is 24.7 Å². The Morgan fingerprint density at radius 1 is 1.21 bits per heavy atom. The summed E-state index contributed by atoms with van der Waals surface area (Å²) >= 11 is 0. The Morgan fingerprint density at radius 3 is 2.63 bits per heavy atom. The van der Waals surface area contributed by atoms with Crippen LogP contribution in [0, 0.1) is 35.8 Å². The zero-order chi connectivity index (χ0) is 14.0. The SMILES string of the molecule is Cc1c(F)c(F)nc(Nc2cccc(C#N)c2)c1F. The van der Waals surface area contributed by atoms with Crippen LogP contribution in [-0.2, 0) is 0 Å². The molecule has 1 aromatic heterocycles. The van der Waals surface area contributed by atoms with Gasteiger partial charge in [0.05, 0.1) is 11.6 Å². The molecule has 96 valence electrons. The lowest BCUT2D eigenvalue weighted by molar-refractivity contribution is 0.459. The van der Waals surface area contributed by atoms with Crippen LogP contribution in [0.15, 0.2) is 24.3 Å². The Bertz CT molecular complexity index is 678. The van der Waals surface area contributed by atoms with Crippen LogP contribution >= 0.6 is 0 Å². The van der Waals surface area contributed by atoms with E-state index >= 15 is 0 Å². The number of pyridine rings is 1. The number of benzene rings is 1. The molecule has 3 nitrogen and oxygen atoms in total. The average Bonchev–Trinajstić information content (AvgIpc) is 2.42. The Balaban J connectivity index is 2.41. The van der Waals surface area contributed by atoms with Gasteiger partial charge in [-0.05, 0) is 25.1 Å². The van der Waals surface area contributed by atoms with E-state index in [0.717, 1.165) is 6.92 Å². The number of hydrogen-bond acceptors (Lipinski definition) is 3. The van der Waals surface area contributed by atoms with Crippen molar-refractivity contribution in [3.63, 3.8) is 0 Å². The smallest absolute Gasteiger partial charge is 0.251 e. The summed E-state index contributed by atoms with van der Waals surface area (Å²) in [5.41, 5.74) is 0.256. The molecule has 19 heavy (non-hydrogen) atoms. The number of rotatable bonds is 2. The Kier molecular flexibility index (Phi) is 3.38. The molecule has 1 N–H and O–H groups in total. The lowest BCUT2D eigenvalue weighted by atomic mass is 10.2. The minimum absolute atomic E-state index is 0.352. The second kappa shape index (κ2) is 4.98. The van der Waals surface area contributed by atoms with Crippen LogP contribution in [0.5, 0.6) is 0 Å². The van der Waals surface area contributed by atoms with Gasteiger partial charge in [0.25, 0.3) is 5.95 Å².